The van der Waals surface area contributed by atoms with Crippen LogP contribution in [0.2, 0.25) is 0 Å². The molecule has 0 spiro atoms. The average Bonchev–Trinajstić information content (AvgIpc) is 3.93. The lowest BCUT2D eigenvalue weighted by Gasteiger charge is -2.29. The molecule has 3 aliphatic rings. The van der Waals surface area contributed by atoms with Crippen LogP contribution in [0.15, 0.2) is 82.0 Å². The molecule has 62 heavy (non-hydrogen) atoms. The van der Waals surface area contributed by atoms with E-state index < -0.39 is 23.2 Å². The molecular formula is C48H61N7O7. The first kappa shape index (κ1) is 45.6. The molecule has 14 heteroatoms. The van der Waals surface area contributed by atoms with Crippen molar-refractivity contribution >= 4 is 41.3 Å². The zero-order valence-electron chi connectivity index (χ0n) is 37.1. The van der Waals surface area contributed by atoms with Crippen LogP contribution in [0.3, 0.4) is 0 Å². The highest BCUT2D eigenvalue weighted by molar-refractivity contribution is 6.01. The van der Waals surface area contributed by atoms with Gasteiger partial charge in [-0.1, -0.05) is 30.3 Å². The number of aryl methyl sites for hydroxylation is 1. The fourth-order valence-electron chi connectivity index (χ4n) is 8.04. The number of rotatable bonds is 13. The predicted molar refractivity (Wildman–Crippen MR) is 238 cm³/mol. The zero-order valence-corrected chi connectivity index (χ0v) is 37.1. The number of amides is 4. The Morgan fingerprint density at radius 1 is 0.823 bits per heavy atom. The third-order valence-corrected chi connectivity index (χ3v) is 11.3. The van der Waals surface area contributed by atoms with E-state index in [0.717, 1.165) is 40.7 Å². The highest BCUT2D eigenvalue weighted by Gasteiger charge is 2.32. The smallest absolute Gasteiger partial charge is 0.410 e. The first-order chi connectivity index (χ1) is 29.4. The molecule has 330 valence electrons. The van der Waals surface area contributed by atoms with Crippen molar-refractivity contribution in [2.45, 2.75) is 111 Å². The molecule has 2 heterocycles. The lowest BCUT2D eigenvalue weighted by molar-refractivity contribution is -0.129. The van der Waals surface area contributed by atoms with Gasteiger partial charge in [-0.3, -0.25) is 14.4 Å². The molecule has 0 aromatic heterocycles. The third-order valence-electron chi connectivity index (χ3n) is 11.3. The molecule has 1 saturated heterocycles. The SMILES string of the molecule is Cc1ccc(C(=O)N[C@@H]2CCN(C(=O)OC(C)(C)C)C2)cc1-c1ccc(C[C@H](CC(=O)C2CCC(CNC(=O)OC(C)(C)C)CC2)C(=O)Nc2ccc(C3=NCN=N3)cc2)cc1. The maximum Gasteiger partial charge on any atom is 0.410 e. The molecule has 2 fully saturated rings. The van der Waals surface area contributed by atoms with Gasteiger partial charge in [0.2, 0.25) is 5.91 Å². The van der Waals surface area contributed by atoms with Crippen molar-refractivity contribution in [1.82, 2.24) is 15.5 Å². The van der Waals surface area contributed by atoms with Gasteiger partial charge in [-0.25, -0.2) is 14.6 Å². The van der Waals surface area contributed by atoms with E-state index in [1.54, 1.807) is 23.1 Å². The highest BCUT2D eigenvalue weighted by Crippen LogP contribution is 2.32. The summed E-state index contributed by atoms with van der Waals surface area (Å²) in [5.41, 5.74) is 4.48. The minimum Gasteiger partial charge on any atom is -0.444 e. The lowest BCUT2D eigenvalue weighted by atomic mass is 9.77. The van der Waals surface area contributed by atoms with E-state index in [2.05, 4.69) is 31.2 Å². The van der Waals surface area contributed by atoms with Crippen molar-refractivity contribution in [3.8, 4) is 11.1 Å². The number of alkyl carbamates (subject to hydrolysis) is 1. The Hall–Kier alpha value is -5.92. The monoisotopic (exact) mass is 847 g/mol. The fraction of sp³-hybridized carbons (Fsp3) is 0.500. The quantitative estimate of drug-likeness (QED) is 0.154. The Bertz CT molecular complexity index is 2160. The number of Topliss-reactive ketones (excluding diaryl/α,β-unsaturated/α-hetero) is 1. The van der Waals surface area contributed by atoms with Crippen molar-refractivity contribution in [1.29, 1.82) is 0 Å². The second-order valence-electron chi connectivity index (χ2n) is 18.7. The molecule has 3 N–H and O–H groups in total. The number of nitrogens with one attached hydrogen (secondary N) is 3. The van der Waals surface area contributed by atoms with E-state index in [1.807, 2.05) is 97.0 Å². The van der Waals surface area contributed by atoms with Crippen molar-refractivity contribution in [3.63, 3.8) is 0 Å². The van der Waals surface area contributed by atoms with Gasteiger partial charge in [-0.05, 0) is 152 Å². The van der Waals surface area contributed by atoms with Crippen molar-refractivity contribution in [2.24, 2.45) is 33.0 Å². The lowest BCUT2D eigenvalue weighted by Crippen LogP contribution is -2.40. The Kier molecular flexibility index (Phi) is 14.6. The number of hydrogen-bond acceptors (Lipinski definition) is 10. The van der Waals surface area contributed by atoms with E-state index in [1.165, 1.54) is 0 Å². The molecular weight excluding hydrogens is 787 g/mol. The summed E-state index contributed by atoms with van der Waals surface area (Å²) in [7, 11) is 0. The van der Waals surface area contributed by atoms with Gasteiger partial charge in [-0.2, -0.15) is 5.11 Å². The molecule has 3 aromatic rings. The van der Waals surface area contributed by atoms with Crippen LogP contribution in [0.25, 0.3) is 11.1 Å². The van der Waals surface area contributed by atoms with Gasteiger partial charge in [0, 0.05) is 60.7 Å². The second kappa shape index (κ2) is 19.9. The van der Waals surface area contributed by atoms with Crippen LogP contribution >= 0.6 is 0 Å². The van der Waals surface area contributed by atoms with Gasteiger partial charge >= 0.3 is 12.2 Å². The summed E-state index contributed by atoms with van der Waals surface area (Å²) in [6, 6.07) is 20.6. The first-order valence-electron chi connectivity index (χ1n) is 21.7. The van der Waals surface area contributed by atoms with Crippen molar-refractivity contribution < 1.29 is 33.4 Å². The number of hydrogen-bond donors (Lipinski definition) is 3. The number of likely N-dealkylation sites (tertiary alicyclic amines) is 1. The summed E-state index contributed by atoms with van der Waals surface area (Å²) in [5, 5.41) is 17.0. The Balaban J connectivity index is 1.10. The molecule has 0 bridgehead atoms. The molecule has 4 amide bonds. The van der Waals surface area contributed by atoms with Gasteiger partial charge in [0.05, 0.1) is 0 Å². The largest absolute Gasteiger partial charge is 0.444 e. The van der Waals surface area contributed by atoms with E-state index in [-0.39, 0.29) is 48.0 Å². The fourth-order valence-corrected chi connectivity index (χ4v) is 8.04. The van der Waals surface area contributed by atoms with E-state index >= 15 is 0 Å². The van der Waals surface area contributed by atoms with E-state index in [9.17, 15) is 24.0 Å². The third kappa shape index (κ3) is 13.0. The molecule has 1 saturated carbocycles. The minimum absolute atomic E-state index is 0.0705. The molecule has 6 rings (SSSR count). The summed E-state index contributed by atoms with van der Waals surface area (Å²) in [4.78, 5) is 72.0. The minimum atomic E-state index is -0.622. The number of aliphatic imine (C=N–C) groups is 1. The number of azo groups is 1. The van der Waals surface area contributed by atoms with Crippen LogP contribution in [0, 0.1) is 24.7 Å². The van der Waals surface area contributed by atoms with Crippen LogP contribution < -0.4 is 16.0 Å². The van der Waals surface area contributed by atoms with E-state index in [4.69, 9.17) is 9.47 Å². The summed E-state index contributed by atoms with van der Waals surface area (Å²) in [6.45, 7) is 14.7. The Morgan fingerprint density at radius 2 is 1.50 bits per heavy atom. The van der Waals surface area contributed by atoms with E-state index in [0.29, 0.717) is 69.1 Å². The van der Waals surface area contributed by atoms with Crippen LogP contribution in [0.4, 0.5) is 15.3 Å². The molecule has 2 aliphatic heterocycles. The van der Waals surface area contributed by atoms with Crippen LogP contribution in [0.1, 0.15) is 107 Å². The summed E-state index contributed by atoms with van der Waals surface area (Å²) >= 11 is 0. The first-order valence-corrected chi connectivity index (χ1v) is 21.7. The topological polar surface area (TPSA) is 180 Å². The van der Waals surface area contributed by atoms with Crippen LogP contribution in [-0.4, -0.2) is 84.1 Å². The Labute approximate surface area is 364 Å². The molecule has 2 atom stereocenters. The number of carbonyl (C=O) groups excluding carboxylic acids is 5. The maximum absolute atomic E-state index is 14.0. The summed E-state index contributed by atoms with van der Waals surface area (Å²) in [5.74, 6) is -0.357. The molecule has 14 nitrogen and oxygen atoms in total. The van der Waals surface area contributed by atoms with Crippen LogP contribution in [-0.2, 0) is 25.5 Å². The number of ketones is 1. The number of amidine groups is 1. The standard InChI is InChI=1S/C48H61N7O7/c1-30-8-13-36(43(57)53-39-22-23-55(28-39)46(60)62-48(5,6)7)25-40(30)33-14-9-31(10-15-33)24-37(44(58)52-38-20-18-35(19-21-38)42-50-29-51-54-42)26-41(56)34-16-11-32(12-17-34)27-49-45(59)61-47(2,3)4/h8-10,13-15,18-21,25,32,34,37,39H,11-12,16-17,22-24,26-29H2,1-7H3,(H,49,59)(H,52,58)(H,53,57)/t32?,34?,37-,39-/m1/s1. The Morgan fingerprint density at radius 3 is 2.15 bits per heavy atom. The summed E-state index contributed by atoms with van der Waals surface area (Å²) < 4.78 is 10.9. The molecule has 0 radical (unpaired) electrons. The normalized spacial score (nSPS) is 19.3. The molecule has 1 aliphatic carbocycles. The molecule has 3 aromatic carbocycles. The van der Waals surface area contributed by atoms with Crippen LogP contribution in [0.5, 0.6) is 0 Å². The maximum atomic E-state index is 14.0. The van der Waals surface area contributed by atoms with Crippen molar-refractivity contribution in [3.05, 3.63) is 89.0 Å². The van der Waals surface area contributed by atoms with Crippen molar-refractivity contribution in [2.75, 3.05) is 31.6 Å². The number of carbonyl (C=O) groups is 5. The second-order valence-corrected chi connectivity index (χ2v) is 18.7. The number of anilines is 1. The summed E-state index contributed by atoms with van der Waals surface area (Å²) in [6.07, 6.45) is 3.28. The number of benzene rings is 3. The average molecular weight is 848 g/mol. The predicted octanol–water partition coefficient (Wildman–Crippen LogP) is 8.66. The van der Waals surface area contributed by atoms with Gasteiger partial charge < -0.3 is 30.3 Å². The number of ether oxygens (including phenoxy) is 2. The highest BCUT2D eigenvalue weighted by atomic mass is 16.6. The number of nitrogens with zero attached hydrogens (tertiary/aromatic N) is 4. The van der Waals surface area contributed by atoms with Gasteiger partial charge in [0.25, 0.3) is 5.91 Å². The zero-order chi connectivity index (χ0) is 44.6. The van der Waals surface area contributed by atoms with Gasteiger partial charge in [0.1, 0.15) is 17.0 Å². The van der Waals surface area contributed by atoms with Gasteiger partial charge in [0.15, 0.2) is 12.5 Å². The molecule has 0 unspecified atom stereocenters. The van der Waals surface area contributed by atoms with Gasteiger partial charge in [-0.15, -0.1) is 5.11 Å².